The van der Waals surface area contributed by atoms with Crippen LogP contribution in [0.1, 0.15) is 28.5 Å². The van der Waals surface area contributed by atoms with Gasteiger partial charge in [0.2, 0.25) is 5.95 Å². The van der Waals surface area contributed by atoms with Gasteiger partial charge in [0.1, 0.15) is 5.69 Å². The fourth-order valence-corrected chi connectivity index (χ4v) is 3.38. The van der Waals surface area contributed by atoms with Crippen molar-refractivity contribution in [3.63, 3.8) is 0 Å². The fraction of sp³-hybridized carbons (Fsp3) is 0.200. The number of carbonyl (C=O) groups is 1. The van der Waals surface area contributed by atoms with E-state index >= 15 is 0 Å². The Morgan fingerprint density at radius 1 is 1.25 bits per heavy atom. The van der Waals surface area contributed by atoms with Crippen LogP contribution in [0.15, 0.2) is 47.4 Å². The molecule has 1 N–H and O–H groups in total. The maximum atomic E-state index is 13.1. The van der Waals surface area contributed by atoms with Crippen LogP contribution in [-0.4, -0.2) is 16.6 Å². The number of aromatic nitrogens is 1. The molecular formula is C15H13FN2OS. The molecule has 1 aromatic carbocycles. The van der Waals surface area contributed by atoms with Gasteiger partial charge in [-0.2, -0.15) is 4.39 Å². The molecule has 1 aromatic heterocycles. The lowest BCUT2D eigenvalue weighted by molar-refractivity contribution is 0.0928. The van der Waals surface area contributed by atoms with Crippen LogP contribution in [0.3, 0.4) is 0 Å². The van der Waals surface area contributed by atoms with Crippen molar-refractivity contribution in [2.45, 2.75) is 17.4 Å². The van der Waals surface area contributed by atoms with Gasteiger partial charge < -0.3 is 5.32 Å². The highest BCUT2D eigenvalue weighted by atomic mass is 32.2. The summed E-state index contributed by atoms with van der Waals surface area (Å²) in [7, 11) is 0. The van der Waals surface area contributed by atoms with Crippen LogP contribution < -0.4 is 5.32 Å². The average Bonchev–Trinajstić information content (AvgIpc) is 2.47. The van der Waals surface area contributed by atoms with Gasteiger partial charge in [-0.1, -0.05) is 24.3 Å². The SMILES string of the molecule is O=C(NC1CCSc2ccccc21)c1cccc(F)n1. The van der Waals surface area contributed by atoms with E-state index in [1.54, 1.807) is 11.8 Å². The number of nitrogens with one attached hydrogen (secondary N) is 1. The molecule has 1 amide bonds. The maximum absolute atomic E-state index is 13.1. The van der Waals surface area contributed by atoms with Gasteiger partial charge in [0, 0.05) is 10.6 Å². The molecule has 1 atom stereocenters. The van der Waals surface area contributed by atoms with E-state index in [-0.39, 0.29) is 17.6 Å². The Balaban J connectivity index is 1.81. The van der Waals surface area contributed by atoms with Crippen LogP contribution in [0.25, 0.3) is 0 Å². The first-order valence-electron chi connectivity index (χ1n) is 6.39. The zero-order valence-electron chi connectivity index (χ0n) is 10.7. The third kappa shape index (κ3) is 2.67. The Morgan fingerprint density at radius 2 is 2.10 bits per heavy atom. The van der Waals surface area contributed by atoms with Crippen LogP contribution in [0.4, 0.5) is 4.39 Å². The van der Waals surface area contributed by atoms with Crippen molar-refractivity contribution in [3.05, 3.63) is 59.7 Å². The van der Waals surface area contributed by atoms with Gasteiger partial charge >= 0.3 is 0 Å². The van der Waals surface area contributed by atoms with Gasteiger partial charge in [0.15, 0.2) is 0 Å². The molecule has 20 heavy (non-hydrogen) atoms. The number of hydrogen-bond donors (Lipinski definition) is 1. The summed E-state index contributed by atoms with van der Waals surface area (Å²) in [6, 6.07) is 12.2. The van der Waals surface area contributed by atoms with E-state index in [1.807, 2.05) is 18.2 Å². The van der Waals surface area contributed by atoms with Crippen LogP contribution in [0, 0.1) is 5.95 Å². The lowest BCUT2D eigenvalue weighted by Gasteiger charge is -2.25. The molecule has 0 saturated carbocycles. The van der Waals surface area contributed by atoms with Gasteiger partial charge in [-0.25, -0.2) is 4.98 Å². The highest BCUT2D eigenvalue weighted by Crippen LogP contribution is 2.35. The Bertz CT molecular complexity index is 647. The molecule has 1 aliphatic rings. The number of pyridine rings is 1. The Labute approximate surface area is 120 Å². The molecule has 2 heterocycles. The zero-order chi connectivity index (χ0) is 13.9. The molecule has 3 nitrogen and oxygen atoms in total. The van der Waals surface area contributed by atoms with Crippen molar-refractivity contribution < 1.29 is 9.18 Å². The van der Waals surface area contributed by atoms with Crippen molar-refractivity contribution >= 4 is 17.7 Å². The van der Waals surface area contributed by atoms with Gasteiger partial charge in [-0.3, -0.25) is 4.79 Å². The van der Waals surface area contributed by atoms with E-state index in [9.17, 15) is 9.18 Å². The number of thioether (sulfide) groups is 1. The number of hydrogen-bond acceptors (Lipinski definition) is 3. The van der Waals surface area contributed by atoms with Crippen molar-refractivity contribution in [3.8, 4) is 0 Å². The third-order valence-electron chi connectivity index (χ3n) is 3.21. The summed E-state index contributed by atoms with van der Waals surface area (Å²) in [6.07, 6.45) is 0.864. The molecule has 5 heteroatoms. The third-order valence-corrected chi connectivity index (χ3v) is 4.33. The van der Waals surface area contributed by atoms with E-state index in [0.29, 0.717) is 0 Å². The van der Waals surface area contributed by atoms with E-state index in [4.69, 9.17) is 0 Å². The van der Waals surface area contributed by atoms with Crippen molar-refractivity contribution in [2.24, 2.45) is 0 Å². The second kappa shape index (κ2) is 5.63. The Hall–Kier alpha value is -1.88. The quantitative estimate of drug-likeness (QED) is 0.863. The predicted molar refractivity (Wildman–Crippen MR) is 76.2 cm³/mol. The van der Waals surface area contributed by atoms with Gasteiger partial charge in [0.05, 0.1) is 6.04 Å². The topological polar surface area (TPSA) is 42.0 Å². The van der Waals surface area contributed by atoms with Crippen LogP contribution in [0.2, 0.25) is 0 Å². The largest absolute Gasteiger partial charge is 0.344 e. The smallest absolute Gasteiger partial charge is 0.270 e. The number of fused-ring (bicyclic) bond motifs is 1. The van der Waals surface area contributed by atoms with Crippen molar-refractivity contribution in [1.82, 2.24) is 10.3 Å². The Kier molecular flexibility index (Phi) is 3.69. The van der Waals surface area contributed by atoms with E-state index in [2.05, 4.69) is 16.4 Å². The first kappa shape index (κ1) is 13.1. The summed E-state index contributed by atoms with van der Waals surface area (Å²) in [5.74, 6) is -0.0214. The number of halogens is 1. The minimum Gasteiger partial charge on any atom is -0.344 e. The summed E-state index contributed by atoms with van der Waals surface area (Å²) < 4.78 is 13.1. The molecular weight excluding hydrogens is 275 g/mol. The number of carbonyl (C=O) groups excluding carboxylic acids is 1. The molecule has 1 aliphatic heterocycles. The molecule has 0 fully saturated rings. The molecule has 0 radical (unpaired) electrons. The molecule has 1 unspecified atom stereocenters. The normalized spacial score (nSPS) is 17.4. The minimum absolute atomic E-state index is 0.0370. The summed E-state index contributed by atoms with van der Waals surface area (Å²) in [5.41, 5.74) is 1.23. The summed E-state index contributed by atoms with van der Waals surface area (Å²) in [6.45, 7) is 0. The summed E-state index contributed by atoms with van der Waals surface area (Å²) in [5, 5.41) is 2.94. The highest BCUT2D eigenvalue weighted by Gasteiger charge is 2.22. The average molecular weight is 288 g/mol. The standard InChI is InChI=1S/C15H13FN2OS/c16-14-7-3-5-12(17-14)15(19)18-11-8-9-20-13-6-2-1-4-10(11)13/h1-7,11H,8-9H2,(H,18,19). The zero-order valence-corrected chi connectivity index (χ0v) is 11.5. The van der Waals surface area contributed by atoms with Crippen LogP contribution >= 0.6 is 11.8 Å². The van der Waals surface area contributed by atoms with Crippen molar-refractivity contribution in [1.29, 1.82) is 0 Å². The lowest BCUT2D eigenvalue weighted by atomic mass is 10.0. The molecule has 0 bridgehead atoms. The number of rotatable bonds is 2. The van der Waals surface area contributed by atoms with E-state index in [0.717, 1.165) is 17.7 Å². The van der Waals surface area contributed by atoms with Crippen LogP contribution in [0.5, 0.6) is 0 Å². The number of benzene rings is 1. The molecule has 3 rings (SSSR count). The van der Waals surface area contributed by atoms with Gasteiger partial charge in [-0.15, -0.1) is 11.8 Å². The predicted octanol–water partition coefficient (Wildman–Crippen LogP) is 3.19. The van der Waals surface area contributed by atoms with E-state index in [1.165, 1.54) is 23.1 Å². The monoisotopic (exact) mass is 288 g/mol. The summed E-state index contributed by atoms with van der Waals surface area (Å²) in [4.78, 5) is 16.9. The first-order chi connectivity index (χ1) is 9.74. The van der Waals surface area contributed by atoms with E-state index < -0.39 is 5.95 Å². The van der Waals surface area contributed by atoms with Gasteiger partial charge in [0.25, 0.3) is 5.91 Å². The van der Waals surface area contributed by atoms with Crippen LogP contribution in [-0.2, 0) is 0 Å². The second-order valence-corrected chi connectivity index (χ2v) is 5.68. The molecule has 0 saturated heterocycles. The highest BCUT2D eigenvalue weighted by molar-refractivity contribution is 7.99. The summed E-state index contributed by atoms with van der Waals surface area (Å²) >= 11 is 1.79. The molecule has 0 aliphatic carbocycles. The lowest BCUT2D eigenvalue weighted by Crippen LogP contribution is -2.31. The second-order valence-electron chi connectivity index (χ2n) is 4.55. The Morgan fingerprint density at radius 3 is 2.95 bits per heavy atom. The number of nitrogens with zero attached hydrogens (tertiary/aromatic N) is 1. The fourth-order valence-electron chi connectivity index (χ4n) is 2.26. The molecule has 2 aromatic rings. The molecule has 0 spiro atoms. The number of amides is 1. The molecule has 102 valence electrons. The first-order valence-corrected chi connectivity index (χ1v) is 7.38. The maximum Gasteiger partial charge on any atom is 0.270 e. The van der Waals surface area contributed by atoms with Gasteiger partial charge in [-0.05, 0) is 30.2 Å². The minimum atomic E-state index is -0.641. The van der Waals surface area contributed by atoms with Crippen molar-refractivity contribution in [2.75, 3.05) is 5.75 Å².